The Hall–Kier alpha value is -1.26. The van der Waals surface area contributed by atoms with E-state index in [0.29, 0.717) is 6.04 Å². The molecule has 102 valence electrons. The summed E-state index contributed by atoms with van der Waals surface area (Å²) in [6.45, 7) is 3.23. The van der Waals surface area contributed by atoms with Gasteiger partial charge in [0, 0.05) is 23.9 Å². The molecule has 4 heteroatoms. The fourth-order valence-electron chi connectivity index (χ4n) is 1.99. The minimum atomic E-state index is 0.345. The van der Waals surface area contributed by atoms with E-state index >= 15 is 0 Å². The number of hydrogen-bond acceptors (Lipinski definition) is 3. The van der Waals surface area contributed by atoms with Gasteiger partial charge in [-0.25, -0.2) is 0 Å². The van der Waals surface area contributed by atoms with Gasteiger partial charge in [-0.1, -0.05) is 25.1 Å². The van der Waals surface area contributed by atoms with Crippen molar-refractivity contribution in [3.63, 3.8) is 0 Å². The van der Waals surface area contributed by atoms with Crippen LogP contribution in [-0.2, 0) is 7.05 Å². The topological polar surface area (TPSA) is 29.9 Å². The highest BCUT2D eigenvalue weighted by molar-refractivity contribution is 7.99. The molecule has 1 N–H and O–H groups in total. The molecular weight excluding hydrogens is 254 g/mol. The summed E-state index contributed by atoms with van der Waals surface area (Å²) in [5, 5.41) is 7.87. The molecule has 0 fully saturated rings. The second-order valence-electron chi connectivity index (χ2n) is 4.51. The van der Waals surface area contributed by atoms with Crippen molar-refractivity contribution in [2.75, 3.05) is 12.3 Å². The van der Waals surface area contributed by atoms with Gasteiger partial charge in [0.15, 0.2) is 0 Å². The molecule has 0 aliphatic carbocycles. The molecule has 2 aromatic rings. The van der Waals surface area contributed by atoms with Crippen LogP contribution in [-0.4, -0.2) is 22.1 Å². The lowest BCUT2D eigenvalue weighted by molar-refractivity contribution is 0.535. The third-order valence-corrected chi connectivity index (χ3v) is 4.12. The Kier molecular flexibility index (Phi) is 5.48. The smallest absolute Gasteiger partial charge is 0.0587 e. The molecule has 0 saturated carbocycles. The van der Waals surface area contributed by atoms with Crippen molar-refractivity contribution in [2.24, 2.45) is 7.05 Å². The molecule has 3 nitrogen and oxygen atoms in total. The van der Waals surface area contributed by atoms with E-state index in [1.807, 2.05) is 29.7 Å². The number of thioether (sulfide) groups is 1. The molecule has 2 rings (SSSR count). The molecule has 1 unspecified atom stereocenters. The number of aryl methyl sites for hydroxylation is 1. The van der Waals surface area contributed by atoms with Gasteiger partial charge < -0.3 is 5.32 Å². The van der Waals surface area contributed by atoms with Crippen molar-refractivity contribution in [2.45, 2.75) is 24.3 Å². The number of aromatic nitrogens is 2. The third kappa shape index (κ3) is 4.11. The molecule has 0 spiro atoms. The van der Waals surface area contributed by atoms with Crippen LogP contribution in [0.3, 0.4) is 0 Å². The summed E-state index contributed by atoms with van der Waals surface area (Å²) in [6, 6.07) is 13.0. The van der Waals surface area contributed by atoms with Crippen LogP contribution in [0.5, 0.6) is 0 Å². The van der Waals surface area contributed by atoms with E-state index < -0.39 is 0 Å². The number of nitrogens with one attached hydrogen (secondary N) is 1. The molecule has 0 saturated heterocycles. The van der Waals surface area contributed by atoms with Crippen molar-refractivity contribution < 1.29 is 0 Å². The summed E-state index contributed by atoms with van der Waals surface area (Å²) in [6.07, 6.45) is 3.01. The van der Waals surface area contributed by atoms with Crippen LogP contribution in [0.4, 0.5) is 0 Å². The fraction of sp³-hybridized carbons (Fsp3) is 0.400. The van der Waals surface area contributed by atoms with Crippen LogP contribution in [0.2, 0.25) is 0 Å². The maximum absolute atomic E-state index is 4.27. The Morgan fingerprint density at radius 2 is 2.05 bits per heavy atom. The molecule has 1 aromatic heterocycles. The van der Waals surface area contributed by atoms with Gasteiger partial charge in [-0.05, 0) is 31.2 Å². The van der Waals surface area contributed by atoms with Crippen molar-refractivity contribution in [1.29, 1.82) is 0 Å². The first kappa shape index (κ1) is 14.2. The van der Waals surface area contributed by atoms with Crippen molar-refractivity contribution in [3.05, 3.63) is 48.3 Å². The highest BCUT2D eigenvalue weighted by Gasteiger charge is 2.14. The summed E-state index contributed by atoms with van der Waals surface area (Å²) in [7, 11) is 2.00. The summed E-state index contributed by atoms with van der Waals surface area (Å²) in [5.41, 5.74) is 1.25. The maximum Gasteiger partial charge on any atom is 0.0587 e. The summed E-state index contributed by atoms with van der Waals surface area (Å²) in [5.74, 6) is 1.02. The lowest BCUT2D eigenvalue weighted by Gasteiger charge is -2.18. The van der Waals surface area contributed by atoms with Crippen LogP contribution in [0, 0.1) is 0 Å². The van der Waals surface area contributed by atoms with E-state index in [9.17, 15) is 0 Å². The molecule has 1 heterocycles. The van der Waals surface area contributed by atoms with Crippen molar-refractivity contribution in [1.82, 2.24) is 15.1 Å². The molecular formula is C15H21N3S. The second kappa shape index (κ2) is 7.36. The van der Waals surface area contributed by atoms with E-state index in [1.54, 1.807) is 0 Å². The Bertz CT molecular complexity index is 481. The molecule has 1 atom stereocenters. The average molecular weight is 275 g/mol. The number of nitrogens with zero attached hydrogens (tertiary/aromatic N) is 2. The number of hydrogen-bond donors (Lipinski definition) is 1. The largest absolute Gasteiger partial charge is 0.308 e. The third-order valence-electron chi connectivity index (χ3n) is 3.02. The van der Waals surface area contributed by atoms with Crippen molar-refractivity contribution in [3.8, 4) is 0 Å². The van der Waals surface area contributed by atoms with Crippen molar-refractivity contribution >= 4 is 11.8 Å². The number of rotatable bonds is 7. The zero-order valence-corrected chi connectivity index (χ0v) is 12.4. The maximum atomic E-state index is 4.27. The molecule has 1 aromatic carbocycles. The zero-order chi connectivity index (χ0) is 13.5. The second-order valence-corrected chi connectivity index (χ2v) is 5.60. The SMILES string of the molecule is CCCNC(CSc1ccccc1)c1ccnn1C. The predicted molar refractivity (Wildman–Crippen MR) is 81.4 cm³/mol. The molecule has 0 radical (unpaired) electrons. The van der Waals surface area contributed by atoms with Crippen LogP contribution in [0.1, 0.15) is 25.1 Å². The molecule has 0 bridgehead atoms. The Balaban J connectivity index is 2.00. The Morgan fingerprint density at radius 3 is 2.68 bits per heavy atom. The molecule has 19 heavy (non-hydrogen) atoms. The fourth-order valence-corrected chi connectivity index (χ4v) is 2.99. The van der Waals surface area contributed by atoms with Gasteiger partial charge in [-0.2, -0.15) is 5.10 Å². The monoisotopic (exact) mass is 275 g/mol. The molecule has 0 amide bonds. The van der Waals surface area contributed by atoms with E-state index in [2.05, 4.69) is 53.7 Å². The lowest BCUT2D eigenvalue weighted by atomic mass is 10.2. The highest BCUT2D eigenvalue weighted by atomic mass is 32.2. The molecule has 0 aliphatic heterocycles. The van der Waals surface area contributed by atoms with E-state index in [-0.39, 0.29) is 0 Å². The molecule has 0 aliphatic rings. The zero-order valence-electron chi connectivity index (χ0n) is 11.5. The van der Waals surface area contributed by atoms with E-state index in [0.717, 1.165) is 18.7 Å². The van der Waals surface area contributed by atoms with Crippen LogP contribution in [0.15, 0.2) is 47.5 Å². The van der Waals surface area contributed by atoms with Gasteiger partial charge in [-0.3, -0.25) is 4.68 Å². The van der Waals surface area contributed by atoms with Crippen LogP contribution < -0.4 is 5.32 Å². The van der Waals surface area contributed by atoms with E-state index in [1.165, 1.54) is 10.6 Å². The lowest BCUT2D eigenvalue weighted by Crippen LogP contribution is -2.26. The van der Waals surface area contributed by atoms with E-state index in [4.69, 9.17) is 0 Å². The number of benzene rings is 1. The first-order chi connectivity index (χ1) is 9.31. The van der Waals surface area contributed by atoms with Gasteiger partial charge in [0.1, 0.15) is 0 Å². The van der Waals surface area contributed by atoms with Gasteiger partial charge in [-0.15, -0.1) is 11.8 Å². The average Bonchev–Trinajstić information content (AvgIpc) is 2.86. The standard InChI is InChI=1S/C15H21N3S/c1-3-10-16-14(15-9-11-17-18(15)2)12-19-13-7-5-4-6-8-13/h4-9,11,14,16H,3,10,12H2,1-2H3. The van der Waals surface area contributed by atoms with Gasteiger partial charge in [0.2, 0.25) is 0 Å². The summed E-state index contributed by atoms with van der Waals surface area (Å²) < 4.78 is 1.96. The van der Waals surface area contributed by atoms with Gasteiger partial charge >= 0.3 is 0 Å². The minimum Gasteiger partial charge on any atom is -0.308 e. The predicted octanol–water partition coefficient (Wildman–Crippen LogP) is 3.25. The Labute approximate surface area is 119 Å². The van der Waals surface area contributed by atoms with Crippen LogP contribution in [0.25, 0.3) is 0 Å². The minimum absolute atomic E-state index is 0.345. The normalized spacial score (nSPS) is 12.5. The highest BCUT2D eigenvalue weighted by Crippen LogP contribution is 2.24. The summed E-state index contributed by atoms with van der Waals surface area (Å²) in [4.78, 5) is 1.31. The van der Waals surface area contributed by atoms with Gasteiger partial charge in [0.25, 0.3) is 0 Å². The summed E-state index contributed by atoms with van der Waals surface area (Å²) >= 11 is 1.88. The first-order valence-electron chi connectivity index (χ1n) is 6.70. The van der Waals surface area contributed by atoms with Crippen LogP contribution >= 0.6 is 11.8 Å². The van der Waals surface area contributed by atoms with Gasteiger partial charge in [0.05, 0.1) is 11.7 Å². The Morgan fingerprint density at radius 1 is 1.26 bits per heavy atom. The quantitative estimate of drug-likeness (QED) is 0.787. The first-order valence-corrected chi connectivity index (χ1v) is 7.69.